The molecule has 7 nitrogen and oxygen atoms in total. The first-order valence-electron chi connectivity index (χ1n) is 13.5. The molecule has 2 amide bonds. The lowest BCUT2D eigenvalue weighted by Crippen LogP contribution is -2.62. The Morgan fingerprint density at radius 2 is 1.93 bits per heavy atom. The van der Waals surface area contributed by atoms with Gasteiger partial charge in [-0.1, -0.05) is 60.7 Å². The van der Waals surface area contributed by atoms with E-state index in [1.54, 1.807) is 30.3 Å². The van der Waals surface area contributed by atoms with Crippen LogP contribution in [-0.4, -0.2) is 41.7 Å². The summed E-state index contributed by atoms with van der Waals surface area (Å²) in [5.74, 6) is -1.15. The molecule has 2 spiro atoms. The van der Waals surface area contributed by atoms with Gasteiger partial charge in [0.2, 0.25) is 5.91 Å². The average Bonchev–Trinajstić information content (AvgIpc) is 3.66. The van der Waals surface area contributed by atoms with Crippen LogP contribution in [0.4, 0.5) is 11.4 Å². The molecule has 2 N–H and O–H groups in total. The fourth-order valence-electron chi connectivity index (χ4n) is 7.85. The van der Waals surface area contributed by atoms with Crippen LogP contribution in [0.5, 0.6) is 5.75 Å². The highest BCUT2D eigenvalue weighted by molar-refractivity contribution is 6.35. The molecule has 4 aliphatic rings. The van der Waals surface area contributed by atoms with Gasteiger partial charge in [-0.3, -0.25) is 19.3 Å². The zero-order chi connectivity index (χ0) is 27.8. The lowest BCUT2D eigenvalue weighted by atomic mass is 9.57. The van der Waals surface area contributed by atoms with Crippen LogP contribution in [0.25, 0.3) is 0 Å². The number of halogens is 1. The van der Waals surface area contributed by atoms with Crippen molar-refractivity contribution in [2.45, 2.75) is 36.8 Å². The predicted molar refractivity (Wildman–Crippen MR) is 153 cm³/mol. The second-order valence-electron chi connectivity index (χ2n) is 11.0. The van der Waals surface area contributed by atoms with Crippen LogP contribution in [0.2, 0.25) is 5.02 Å². The molecule has 40 heavy (non-hydrogen) atoms. The van der Waals surface area contributed by atoms with Crippen LogP contribution in [0.1, 0.15) is 39.9 Å². The highest BCUT2D eigenvalue weighted by Crippen LogP contribution is 2.68. The van der Waals surface area contributed by atoms with Gasteiger partial charge in [0, 0.05) is 22.9 Å². The van der Waals surface area contributed by atoms with E-state index in [9.17, 15) is 14.4 Å². The summed E-state index contributed by atoms with van der Waals surface area (Å²) in [5.41, 5.74) is 0.781. The van der Waals surface area contributed by atoms with Crippen molar-refractivity contribution in [3.63, 3.8) is 0 Å². The number of ketones is 1. The summed E-state index contributed by atoms with van der Waals surface area (Å²) < 4.78 is 5.73. The first-order chi connectivity index (χ1) is 19.3. The quantitative estimate of drug-likeness (QED) is 0.334. The highest BCUT2D eigenvalue weighted by Gasteiger charge is 2.81. The molecule has 4 aliphatic heterocycles. The van der Waals surface area contributed by atoms with Crippen LogP contribution in [0.15, 0.2) is 73.3 Å². The molecule has 4 unspecified atom stereocenters. The van der Waals surface area contributed by atoms with E-state index in [0.29, 0.717) is 58.4 Å². The Morgan fingerprint density at radius 3 is 2.75 bits per heavy atom. The first kappa shape index (κ1) is 25.1. The third kappa shape index (κ3) is 2.96. The summed E-state index contributed by atoms with van der Waals surface area (Å²) in [6, 6.07) is 17.9. The molecule has 3 aromatic carbocycles. The van der Waals surface area contributed by atoms with Gasteiger partial charge in [-0.2, -0.15) is 0 Å². The number of hydrogen-bond acceptors (Lipinski definition) is 5. The molecule has 0 aliphatic carbocycles. The molecule has 3 aromatic rings. The molecule has 7 rings (SSSR count). The number of carbonyl (C=O) groups excluding carboxylic acids is 3. The largest absolute Gasteiger partial charge is 0.490 e. The molecule has 0 saturated carbocycles. The third-order valence-corrected chi connectivity index (χ3v) is 9.37. The standard InChI is InChI=1S/C32H28ClN3O4/c1-3-14-40-20-9-6-8-19(17-20)28(37)26-25-12-7-13-36(25)32(22-15-18(2)16-23(33)27(22)35-30(32)39)31(26)21-10-4-5-11-24(21)34-29(31)38/h3-6,8-11,15-17,25-26H,1,7,12-14H2,2H3,(H,34,38)(H,35,39). The van der Waals surface area contributed by atoms with E-state index < -0.39 is 16.9 Å². The van der Waals surface area contributed by atoms with Crippen LogP contribution in [0.3, 0.4) is 0 Å². The van der Waals surface area contributed by atoms with Crippen molar-refractivity contribution in [2.75, 3.05) is 23.8 Å². The summed E-state index contributed by atoms with van der Waals surface area (Å²) in [4.78, 5) is 46.0. The van der Waals surface area contributed by atoms with E-state index in [4.69, 9.17) is 16.3 Å². The summed E-state index contributed by atoms with van der Waals surface area (Å²) in [6.07, 6.45) is 3.13. The number of rotatable bonds is 5. The van der Waals surface area contributed by atoms with Gasteiger partial charge in [0.05, 0.1) is 16.6 Å². The second-order valence-corrected chi connectivity index (χ2v) is 11.4. The van der Waals surface area contributed by atoms with Crippen LogP contribution in [0, 0.1) is 12.8 Å². The Morgan fingerprint density at radius 1 is 1.10 bits per heavy atom. The van der Waals surface area contributed by atoms with Crippen molar-refractivity contribution in [3.8, 4) is 5.75 Å². The number of amides is 2. The number of nitrogens with one attached hydrogen (secondary N) is 2. The van der Waals surface area contributed by atoms with Crippen molar-refractivity contribution in [1.82, 2.24) is 4.90 Å². The fraction of sp³-hybridized carbons (Fsp3) is 0.281. The number of aryl methyl sites for hydroxylation is 1. The lowest BCUT2D eigenvalue weighted by molar-refractivity contribution is -0.137. The SMILES string of the molecule is C=CCOc1cccc(C(=O)C2C3CCCN3C3(C(=O)Nc4c(Cl)cc(C)cc43)C23C(=O)Nc2ccccc23)c1. The zero-order valence-corrected chi connectivity index (χ0v) is 22.8. The second kappa shape index (κ2) is 8.78. The number of anilines is 2. The minimum atomic E-state index is -1.52. The van der Waals surface area contributed by atoms with Crippen molar-refractivity contribution < 1.29 is 19.1 Å². The highest BCUT2D eigenvalue weighted by atomic mass is 35.5. The van der Waals surface area contributed by atoms with E-state index in [-0.39, 0.29) is 23.6 Å². The smallest absolute Gasteiger partial charge is 0.251 e. The first-order valence-corrected chi connectivity index (χ1v) is 13.9. The van der Waals surface area contributed by atoms with E-state index >= 15 is 0 Å². The number of hydrogen-bond donors (Lipinski definition) is 2. The third-order valence-electron chi connectivity index (χ3n) is 9.07. The molecule has 2 fully saturated rings. The van der Waals surface area contributed by atoms with Gasteiger partial charge in [-0.15, -0.1) is 0 Å². The van der Waals surface area contributed by atoms with Crippen molar-refractivity contribution in [3.05, 3.63) is 101 Å². The minimum Gasteiger partial charge on any atom is -0.490 e. The predicted octanol–water partition coefficient (Wildman–Crippen LogP) is 5.23. The molecular formula is C32H28ClN3O4. The number of ether oxygens (including phenoxy) is 1. The van der Waals surface area contributed by atoms with E-state index in [1.807, 2.05) is 43.3 Å². The number of carbonyl (C=O) groups is 3. The molecule has 4 heterocycles. The van der Waals surface area contributed by atoms with Crippen LogP contribution < -0.4 is 15.4 Å². The van der Waals surface area contributed by atoms with Gasteiger partial charge in [-0.05, 0) is 61.7 Å². The molecule has 2 saturated heterocycles. The van der Waals surface area contributed by atoms with E-state index in [0.717, 1.165) is 12.0 Å². The fourth-order valence-corrected chi connectivity index (χ4v) is 8.17. The Bertz CT molecular complexity index is 1640. The van der Waals surface area contributed by atoms with E-state index in [1.165, 1.54) is 0 Å². The monoisotopic (exact) mass is 553 g/mol. The average molecular weight is 554 g/mol. The van der Waals surface area contributed by atoms with Crippen LogP contribution >= 0.6 is 11.6 Å². The number of benzene rings is 3. The topological polar surface area (TPSA) is 87.7 Å². The summed E-state index contributed by atoms with van der Waals surface area (Å²) in [5, 5.41) is 6.52. The Balaban J connectivity index is 1.54. The van der Waals surface area contributed by atoms with Gasteiger partial charge in [-0.25, -0.2) is 0 Å². The van der Waals surface area contributed by atoms with E-state index in [2.05, 4.69) is 22.1 Å². The molecule has 0 aromatic heterocycles. The number of nitrogens with zero attached hydrogens (tertiary/aromatic N) is 1. The maximum absolute atomic E-state index is 14.8. The Kier molecular flexibility index (Phi) is 5.50. The lowest BCUT2D eigenvalue weighted by Gasteiger charge is -2.43. The van der Waals surface area contributed by atoms with Gasteiger partial charge in [0.25, 0.3) is 5.91 Å². The Labute approximate surface area is 237 Å². The maximum atomic E-state index is 14.8. The van der Waals surface area contributed by atoms with Gasteiger partial charge >= 0.3 is 0 Å². The van der Waals surface area contributed by atoms with Crippen molar-refractivity contribution in [1.29, 1.82) is 0 Å². The zero-order valence-electron chi connectivity index (χ0n) is 22.0. The molecular weight excluding hydrogens is 526 g/mol. The number of Topliss-reactive ketones (excluding diaryl/α,β-unsaturated/α-hetero) is 1. The van der Waals surface area contributed by atoms with Crippen molar-refractivity contribution >= 4 is 40.6 Å². The van der Waals surface area contributed by atoms with Crippen LogP contribution in [-0.2, 0) is 20.5 Å². The van der Waals surface area contributed by atoms with Gasteiger partial charge < -0.3 is 15.4 Å². The Hall–Kier alpha value is -3.94. The van der Waals surface area contributed by atoms with Gasteiger partial charge in [0.15, 0.2) is 5.78 Å². The molecule has 8 heteroatoms. The normalized spacial score (nSPS) is 27.9. The summed E-state index contributed by atoms with van der Waals surface area (Å²) in [6.45, 7) is 6.50. The number of fused-ring (bicyclic) bond motifs is 7. The number of para-hydroxylation sites is 1. The van der Waals surface area contributed by atoms with Gasteiger partial charge in [0.1, 0.15) is 23.3 Å². The minimum absolute atomic E-state index is 0.190. The summed E-state index contributed by atoms with van der Waals surface area (Å²) in [7, 11) is 0. The molecule has 0 bridgehead atoms. The molecule has 4 atom stereocenters. The summed E-state index contributed by atoms with van der Waals surface area (Å²) >= 11 is 6.71. The molecule has 202 valence electrons. The van der Waals surface area contributed by atoms with Crippen molar-refractivity contribution in [2.24, 2.45) is 5.92 Å². The maximum Gasteiger partial charge on any atom is 0.251 e. The molecule has 0 radical (unpaired) electrons.